The highest BCUT2D eigenvalue weighted by atomic mass is 16.3. The maximum absolute atomic E-state index is 12.4. The zero-order valence-corrected chi connectivity index (χ0v) is 14.8. The van der Waals surface area contributed by atoms with Crippen molar-refractivity contribution >= 4 is 11.7 Å². The first-order chi connectivity index (χ1) is 13.1. The van der Waals surface area contributed by atoms with Gasteiger partial charge in [-0.3, -0.25) is 4.79 Å². The van der Waals surface area contributed by atoms with Crippen molar-refractivity contribution in [2.45, 2.75) is 6.92 Å². The van der Waals surface area contributed by atoms with Crippen LogP contribution in [0.4, 0.5) is 5.82 Å². The standard InChI is InChI=1S/C18H19N7O2/c1-12-10-16(21-17(20-12)13-4-2-3-5-15(13)26)24-6-8-25(9-7-24)18(27)14-11-19-23-22-14/h2-5,10-11,26H,6-9H2,1H3,(H,19,22,23). The van der Waals surface area contributed by atoms with Crippen LogP contribution in [0.25, 0.3) is 11.4 Å². The number of aromatic nitrogens is 5. The summed E-state index contributed by atoms with van der Waals surface area (Å²) in [5.41, 5.74) is 1.74. The van der Waals surface area contributed by atoms with Crippen LogP contribution in [0.2, 0.25) is 0 Å². The van der Waals surface area contributed by atoms with Gasteiger partial charge in [-0.05, 0) is 19.1 Å². The van der Waals surface area contributed by atoms with E-state index in [0.29, 0.717) is 43.3 Å². The second-order valence-electron chi connectivity index (χ2n) is 6.34. The van der Waals surface area contributed by atoms with E-state index in [-0.39, 0.29) is 11.7 Å². The van der Waals surface area contributed by atoms with E-state index in [1.54, 1.807) is 23.1 Å². The SMILES string of the molecule is Cc1cc(N2CCN(C(=O)c3cn[nH]n3)CC2)nc(-c2ccccc2O)n1. The first kappa shape index (κ1) is 17.0. The summed E-state index contributed by atoms with van der Waals surface area (Å²) in [7, 11) is 0. The minimum absolute atomic E-state index is 0.128. The van der Waals surface area contributed by atoms with Crippen LogP contribution in [-0.4, -0.2) is 67.5 Å². The molecule has 0 radical (unpaired) electrons. The third-order valence-electron chi connectivity index (χ3n) is 4.51. The normalized spacial score (nSPS) is 14.4. The molecule has 2 N–H and O–H groups in total. The molecule has 1 amide bonds. The Morgan fingerprint density at radius 3 is 2.63 bits per heavy atom. The number of anilines is 1. The van der Waals surface area contributed by atoms with Gasteiger partial charge in [-0.2, -0.15) is 15.4 Å². The van der Waals surface area contributed by atoms with Crippen molar-refractivity contribution in [2.75, 3.05) is 31.1 Å². The van der Waals surface area contributed by atoms with Crippen LogP contribution < -0.4 is 4.90 Å². The molecule has 0 saturated carbocycles. The minimum Gasteiger partial charge on any atom is -0.507 e. The molecule has 138 valence electrons. The Balaban J connectivity index is 1.52. The molecule has 0 aliphatic carbocycles. The smallest absolute Gasteiger partial charge is 0.276 e. The van der Waals surface area contributed by atoms with Crippen molar-refractivity contribution in [3.63, 3.8) is 0 Å². The number of phenolic OH excluding ortho intramolecular Hbond substituents is 1. The van der Waals surface area contributed by atoms with Crippen molar-refractivity contribution in [1.82, 2.24) is 30.3 Å². The molecule has 1 aliphatic rings. The zero-order chi connectivity index (χ0) is 18.8. The lowest BCUT2D eigenvalue weighted by Gasteiger charge is -2.35. The molecule has 3 heterocycles. The van der Waals surface area contributed by atoms with Gasteiger partial charge in [0.15, 0.2) is 11.5 Å². The van der Waals surface area contributed by atoms with E-state index in [4.69, 9.17) is 0 Å². The van der Waals surface area contributed by atoms with Crippen LogP contribution in [0.3, 0.4) is 0 Å². The number of rotatable bonds is 3. The number of nitrogens with zero attached hydrogens (tertiary/aromatic N) is 6. The molecule has 0 unspecified atom stereocenters. The average molecular weight is 365 g/mol. The van der Waals surface area contributed by atoms with Crippen molar-refractivity contribution < 1.29 is 9.90 Å². The van der Waals surface area contributed by atoms with E-state index in [1.165, 1.54) is 6.20 Å². The number of H-pyrrole nitrogens is 1. The molecule has 1 aliphatic heterocycles. The number of amides is 1. The van der Waals surface area contributed by atoms with Gasteiger partial charge >= 0.3 is 0 Å². The Morgan fingerprint density at radius 1 is 1.15 bits per heavy atom. The Morgan fingerprint density at radius 2 is 1.93 bits per heavy atom. The Labute approximate surface area is 155 Å². The summed E-state index contributed by atoms with van der Waals surface area (Å²) in [6, 6.07) is 8.94. The van der Waals surface area contributed by atoms with Gasteiger partial charge in [-0.25, -0.2) is 9.97 Å². The van der Waals surface area contributed by atoms with Gasteiger partial charge in [0.2, 0.25) is 0 Å². The monoisotopic (exact) mass is 365 g/mol. The van der Waals surface area contributed by atoms with Crippen molar-refractivity contribution in [3.05, 3.63) is 47.9 Å². The molecule has 3 aromatic rings. The largest absolute Gasteiger partial charge is 0.507 e. The highest BCUT2D eigenvalue weighted by Crippen LogP contribution is 2.28. The summed E-state index contributed by atoms with van der Waals surface area (Å²) in [6.45, 7) is 4.35. The zero-order valence-electron chi connectivity index (χ0n) is 14.8. The van der Waals surface area contributed by atoms with Crippen LogP contribution in [0.15, 0.2) is 36.5 Å². The van der Waals surface area contributed by atoms with E-state index in [2.05, 4.69) is 30.3 Å². The Hall–Kier alpha value is -3.49. The van der Waals surface area contributed by atoms with Crippen LogP contribution in [0, 0.1) is 6.92 Å². The maximum atomic E-state index is 12.4. The van der Waals surface area contributed by atoms with Gasteiger partial charge in [0.05, 0.1) is 11.8 Å². The average Bonchev–Trinajstić information content (AvgIpc) is 3.22. The summed E-state index contributed by atoms with van der Waals surface area (Å²) in [4.78, 5) is 25.3. The van der Waals surface area contributed by atoms with Gasteiger partial charge in [-0.1, -0.05) is 12.1 Å². The van der Waals surface area contributed by atoms with E-state index >= 15 is 0 Å². The number of hydrogen-bond acceptors (Lipinski definition) is 7. The highest BCUT2D eigenvalue weighted by Gasteiger charge is 2.25. The molecular formula is C18H19N7O2. The fourth-order valence-electron chi connectivity index (χ4n) is 3.10. The molecule has 1 fully saturated rings. The molecule has 1 saturated heterocycles. The lowest BCUT2D eigenvalue weighted by atomic mass is 10.2. The first-order valence-corrected chi connectivity index (χ1v) is 8.66. The maximum Gasteiger partial charge on any atom is 0.276 e. The van der Waals surface area contributed by atoms with Crippen LogP contribution in [0.5, 0.6) is 5.75 Å². The topological polar surface area (TPSA) is 111 Å². The number of para-hydroxylation sites is 1. The molecule has 1 aromatic carbocycles. The number of carbonyl (C=O) groups excluding carboxylic acids is 1. The number of nitrogens with one attached hydrogen (secondary N) is 1. The van der Waals surface area contributed by atoms with Gasteiger partial charge < -0.3 is 14.9 Å². The third kappa shape index (κ3) is 3.43. The van der Waals surface area contributed by atoms with E-state index in [1.807, 2.05) is 19.1 Å². The number of aryl methyl sites for hydroxylation is 1. The molecule has 2 aromatic heterocycles. The number of phenols is 1. The number of carbonyl (C=O) groups is 1. The third-order valence-corrected chi connectivity index (χ3v) is 4.51. The fourth-order valence-corrected chi connectivity index (χ4v) is 3.10. The molecule has 0 atom stereocenters. The summed E-state index contributed by atoms with van der Waals surface area (Å²) >= 11 is 0. The van der Waals surface area contributed by atoms with Crippen molar-refractivity contribution in [1.29, 1.82) is 0 Å². The highest BCUT2D eigenvalue weighted by molar-refractivity contribution is 5.92. The Bertz CT molecular complexity index is 950. The van der Waals surface area contributed by atoms with Gasteiger partial charge in [0.1, 0.15) is 11.6 Å². The predicted octanol–water partition coefficient (Wildman–Crippen LogP) is 1.24. The first-order valence-electron chi connectivity index (χ1n) is 8.66. The molecule has 0 spiro atoms. The quantitative estimate of drug-likeness (QED) is 0.718. The minimum atomic E-state index is -0.128. The number of hydrogen-bond donors (Lipinski definition) is 2. The second-order valence-corrected chi connectivity index (χ2v) is 6.34. The van der Waals surface area contributed by atoms with E-state index < -0.39 is 0 Å². The van der Waals surface area contributed by atoms with Crippen LogP contribution >= 0.6 is 0 Å². The summed E-state index contributed by atoms with van der Waals surface area (Å²) in [5, 5.41) is 20.1. The summed E-state index contributed by atoms with van der Waals surface area (Å²) < 4.78 is 0. The number of aromatic hydroxyl groups is 1. The summed E-state index contributed by atoms with van der Waals surface area (Å²) in [6.07, 6.45) is 1.43. The van der Waals surface area contributed by atoms with E-state index in [0.717, 1.165) is 11.5 Å². The van der Waals surface area contributed by atoms with E-state index in [9.17, 15) is 9.90 Å². The predicted molar refractivity (Wildman–Crippen MR) is 98.4 cm³/mol. The fraction of sp³-hybridized carbons (Fsp3) is 0.278. The number of piperazine rings is 1. The molecule has 9 heteroatoms. The Kier molecular flexibility index (Phi) is 4.41. The summed E-state index contributed by atoms with van der Waals surface area (Å²) in [5.74, 6) is 1.30. The van der Waals surface area contributed by atoms with Gasteiger partial charge in [-0.15, -0.1) is 0 Å². The lowest BCUT2D eigenvalue weighted by molar-refractivity contribution is 0.0740. The van der Waals surface area contributed by atoms with Crippen LogP contribution in [-0.2, 0) is 0 Å². The van der Waals surface area contributed by atoms with Crippen LogP contribution in [0.1, 0.15) is 16.2 Å². The second kappa shape index (κ2) is 7.02. The number of benzene rings is 1. The molecule has 27 heavy (non-hydrogen) atoms. The lowest BCUT2D eigenvalue weighted by Crippen LogP contribution is -2.49. The van der Waals surface area contributed by atoms with Crippen molar-refractivity contribution in [2.24, 2.45) is 0 Å². The van der Waals surface area contributed by atoms with Gasteiger partial charge in [0.25, 0.3) is 5.91 Å². The molecule has 4 rings (SSSR count). The number of aromatic amines is 1. The molecular weight excluding hydrogens is 346 g/mol. The van der Waals surface area contributed by atoms with Crippen molar-refractivity contribution in [3.8, 4) is 17.1 Å². The molecule has 9 nitrogen and oxygen atoms in total. The molecule has 0 bridgehead atoms. The van der Waals surface area contributed by atoms with Gasteiger partial charge in [0, 0.05) is 37.9 Å².